The average Bonchev–Trinajstić information content (AvgIpc) is 2.42. The Bertz CT molecular complexity index is 525. The van der Waals surface area contributed by atoms with Gasteiger partial charge in [-0.15, -0.1) is 0 Å². The van der Waals surface area contributed by atoms with Gasteiger partial charge in [-0.1, -0.05) is 46.9 Å². The first-order chi connectivity index (χ1) is 8.81. The molecule has 0 spiro atoms. The van der Waals surface area contributed by atoms with Gasteiger partial charge in [-0.2, -0.15) is 4.57 Å². The maximum absolute atomic E-state index is 9.71. The number of halogens is 1. The third kappa shape index (κ3) is 3.32. The quantitative estimate of drug-likeness (QED) is 0.509. The molecule has 1 N–H and O–H groups in total. The van der Waals surface area contributed by atoms with Gasteiger partial charge in [-0.05, 0) is 18.2 Å². The zero-order chi connectivity index (χ0) is 12.8. The maximum atomic E-state index is 9.71. The number of aromatic nitrogens is 1. The molecule has 1 aromatic heterocycles. The van der Waals surface area contributed by atoms with Gasteiger partial charge in [-0.3, -0.25) is 0 Å². The lowest BCUT2D eigenvalue weighted by atomic mass is 10.1. The number of nitrogens with zero attached hydrogens (tertiary/aromatic N) is 1. The monoisotopic (exact) mass is 352 g/mol. The molecule has 92 valence electrons. The van der Waals surface area contributed by atoms with Crippen LogP contribution in [-0.2, 0) is 0 Å². The van der Waals surface area contributed by atoms with Gasteiger partial charge in [-0.25, -0.2) is 0 Å². The van der Waals surface area contributed by atoms with E-state index in [1.165, 1.54) is 0 Å². The van der Waals surface area contributed by atoms with E-state index < -0.39 is 0 Å². The average molecular weight is 352 g/mol. The Kier molecular flexibility index (Phi) is 4.75. The first kappa shape index (κ1) is 13.1. The van der Waals surface area contributed by atoms with Crippen LogP contribution >= 0.6 is 22.6 Å². The van der Waals surface area contributed by atoms with Crippen molar-refractivity contribution in [3.05, 3.63) is 66.5 Å². The second kappa shape index (κ2) is 6.54. The molecule has 2 rings (SSSR count). The van der Waals surface area contributed by atoms with Gasteiger partial charge >= 0.3 is 0 Å². The summed E-state index contributed by atoms with van der Waals surface area (Å²) in [4.78, 5) is 0. The van der Waals surface area contributed by atoms with E-state index >= 15 is 0 Å². The van der Waals surface area contributed by atoms with E-state index in [0.29, 0.717) is 11.8 Å². The molecule has 0 aliphatic carbocycles. The third-order valence-corrected chi connectivity index (χ3v) is 3.62. The number of aromatic hydroxyl groups is 1. The van der Waals surface area contributed by atoms with E-state index in [1.807, 2.05) is 42.5 Å². The van der Waals surface area contributed by atoms with E-state index in [0.717, 1.165) is 9.99 Å². The number of phenolic OH excluding ortho intramolecular Hbond substituents is 1. The molecule has 0 saturated heterocycles. The predicted molar refractivity (Wildman–Crippen MR) is 81.7 cm³/mol. The molecule has 1 unspecified atom stereocenters. The minimum atomic E-state index is 0.298. The molecule has 1 aromatic carbocycles. The Labute approximate surface area is 121 Å². The Morgan fingerprint density at radius 3 is 2.50 bits per heavy atom. The van der Waals surface area contributed by atoms with Crippen LogP contribution in [0.4, 0.5) is 0 Å². The molecule has 0 saturated carbocycles. The molecule has 0 amide bonds. The van der Waals surface area contributed by atoms with E-state index in [9.17, 15) is 5.11 Å². The van der Waals surface area contributed by atoms with Crippen molar-refractivity contribution in [2.45, 2.75) is 6.04 Å². The smallest absolute Gasteiger partial charge is 0.185 e. The summed E-state index contributed by atoms with van der Waals surface area (Å²) in [7, 11) is 0. The maximum Gasteiger partial charge on any atom is 0.185 e. The minimum Gasteiger partial charge on any atom is -0.507 e. The van der Waals surface area contributed by atoms with Crippen molar-refractivity contribution in [1.82, 2.24) is 0 Å². The number of phenols is 1. The first-order valence-corrected chi connectivity index (χ1v) is 7.32. The van der Waals surface area contributed by atoms with Crippen LogP contribution in [0.1, 0.15) is 11.6 Å². The largest absolute Gasteiger partial charge is 0.507 e. The van der Waals surface area contributed by atoms with Crippen molar-refractivity contribution in [3.8, 4) is 5.75 Å². The van der Waals surface area contributed by atoms with Gasteiger partial charge in [0.05, 0.1) is 4.43 Å². The highest BCUT2D eigenvalue weighted by molar-refractivity contribution is 14.1. The summed E-state index contributed by atoms with van der Waals surface area (Å²) in [6.07, 6.45) is 8.19. The molecule has 2 nitrogen and oxygen atoms in total. The summed E-state index contributed by atoms with van der Waals surface area (Å²) in [5.74, 6) is 0.319. The topological polar surface area (TPSA) is 24.1 Å². The minimum absolute atomic E-state index is 0.298. The Morgan fingerprint density at radius 2 is 1.83 bits per heavy atom. The lowest BCUT2D eigenvalue weighted by Crippen LogP contribution is -2.38. The summed E-state index contributed by atoms with van der Waals surface area (Å²) in [5.41, 5.74) is 0.851. The van der Waals surface area contributed by atoms with Crippen molar-refractivity contribution in [1.29, 1.82) is 0 Å². The van der Waals surface area contributed by atoms with Crippen LogP contribution in [0.25, 0.3) is 6.08 Å². The van der Waals surface area contributed by atoms with Crippen LogP contribution in [0, 0.1) is 0 Å². The lowest BCUT2D eigenvalue weighted by Gasteiger charge is -2.04. The van der Waals surface area contributed by atoms with Gasteiger partial charge in [0.2, 0.25) is 0 Å². The highest BCUT2D eigenvalue weighted by Crippen LogP contribution is 2.18. The molecular weight excluding hydrogens is 337 g/mol. The molecule has 0 aliphatic heterocycles. The van der Waals surface area contributed by atoms with Crippen LogP contribution in [0.3, 0.4) is 0 Å². The van der Waals surface area contributed by atoms with Crippen molar-refractivity contribution >= 4 is 28.7 Å². The molecule has 0 aliphatic rings. The number of para-hydroxylation sites is 1. The van der Waals surface area contributed by atoms with E-state index in [4.69, 9.17) is 0 Å². The standard InChI is InChI=1S/C15H14INO/c16-12-14(17-10-4-1-5-11-17)9-8-13-6-2-3-7-15(13)18/h1-11,14H,12H2/p+1. The number of rotatable bonds is 4. The fourth-order valence-corrected chi connectivity index (χ4v) is 2.46. The summed E-state index contributed by atoms with van der Waals surface area (Å²) in [6.45, 7) is 0. The third-order valence-electron chi connectivity index (χ3n) is 2.71. The number of hydrogen-bond donors (Lipinski definition) is 1. The molecule has 3 heteroatoms. The summed E-state index contributed by atoms with van der Waals surface area (Å²) in [6, 6.07) is 13.7. The second-order valence-electron chi connectivity index (χ2n) is 3.96. The highest BCUT2D eigenvalue weighted by Gasteiger charge is 2.11. The molecule has 1 atom stereocenters. The van der Waals surface area contributed by atoms with Crippen LogP contribution in [0.5, 0.6) is 5.75 Å². The predicted octanol–water partition coefficient (Wildman–Crippen LogP) is 3.37. The van der Waals surface area contributed by atoms with Crippen molar-refractivity contribution in [3.63, 3.8) is 0 Å². The van der Waals surface area contributed by atoms with Crippen molar-refractivity contribution < 1.29 is 9.67 Å². The zero-order valence-electron chi connectivity index (χ0n) is 9.91. The fourth-order valence-electron chi connectivity index (χ4n) is 1.71. The Balaban J connectivity index is 2.19. The summed E-state index contributed by atoms with van der Waals surface area (Å²) < 4.78 is 3.14. The molecule has 2 aromatic rings. The Hall–Kier alpha value is -1.36. The normalized spacial score (nSPS) is 12.7. The first-order valence-electron chi connectivity index (χ1n) is 5.79. The highest BCUT2D eigenvalue weighted by atomic mass is 127. The molecule has 1 heterocycles. The molecule has 18 heavy (non-hydrogen) atoms. The van der Waals surface area contributed by atoms with Gasteiger partial charge in [0.15, 0.2) is 18.4 Å². The zero-order valence-corrected chi connectivity index (χ0v) is 12.1. The lowest BCUT2D eigenvalue weighted by molar-refractivity contribution is -0.707. The summed E-state index contributed by atoms with van der Waals surface area (Å²) in [5, 5.41) is 9.71. The van der Waals surface area contributed by atoms with E-state index in [1.54, 1.807) is 6.07 Å². The van der Waals surface area contributed by atoms with Crippen molar-refractivity contribution in [2.75, 3.05) is 4.43 Å². The van der Waals surface area contributed by atoms with E-state index in [-0.39, 0.29) is 0 Å². The van der Waals surface area contributed by atoms with Crippen LogP contribution in [-0.4, -0.2) is 9.53 Å². The summed E-state index contributed by atoms with van der Waals surface area (Å²) >= 11 is 2.37. The fraction of sp³-hybridized carbons (Fsp3) is 0.133. The number of allylic oxidation sites excluding steroid dienone is 1. The number of hydrogen-bond acceptors (Lipinski definition) is 1. The van der Waals surface area contributed by atoms with Crippen molar-refractivity contribution in [2.24, 2.45) is 0 Å². The van der Waals surface area contributed by atoms with Gasteiger partial charge in [0.1, 0.15) is 5.75 Å². The Morgan fingerprint density at radius 1 is 1.11 bits per heavy atom. The number of pyridine rings is 1. The number of benzene rings is 1. The van der Waals surface area contributed by atoms with Gasteiger partial charge in [0.25, 0.3) is 0 Å². The van der Waals surface area contributed by atoms with Crippen LogP contribution in [0.15, 0.2) is 60.9 Å². The number of alkyl halides is 1. The van der Waals surface area contributed by atoms with Gasteiger partial charge < -0.3 is 5.11 Å². The molecular formula is C15H15INO+. The molecule has 0 fully saturated rings. The molecule has 0 radical (unpaired) electrons. The molecule has 0 bridgehead atoms. The van der Waals surface area contributed by atoms with Gasteiger partial charge in [0, 0.05) is 17.7 Å². The van der Waals surface area contributed by atoms with Crippen LogP contribution < -0.4 is 4.57 Å². The SMILES string of the molecule is Oc1ccccc1C=CC(CI)[n+]1ccccc1. The van der Waals surface area contributed by atoms with Crippen LogP contribution in [0.2, 0.25) is 0 Å². The van der Waals surface area contributed by atoms with E-state index in [2.05, 4.69) is 45.6 Å². The second-order valence-corrected chi connectivity index (χ2v) is 4.84.